The zero-order valence-electron chi connectivity index (χ0n) is 17.8. The number of likely N-dealkylation sites (tertiary alicyclic amines) is 1. The van der Waals surface area contributed by atoms with Gasteiger partial charge in [0.2, 0.25) is 0 Å². The molecular formula is C22H38IN5. The Hall–Kier alpha value is -0.860. The summed E-state index contributed by atoms with van der Waals surface area (Å²) >= 11 is 0. The fraction of sp³-hybridized carbons (Fsp3) is 0.682. The highest BCUT2D eigenvalue weighted by Gasteiger charge is 2.26. The Kier molecular flexibility index (Phi) is 10.0. The molecule has 6 heteroatoms. The largest absolute Gasteiger partial charge is 0.356 e. The van der Waals surface area contributed by atoms with Crippen molar-refractivity contribution in [1.29, 1.82) is 0 Å². The van der Waals surface area contributed by atoms with Crippen molar-refractivity contribution in [2.75, 3.05) is 59.9 Å². The number of aliphatic imine (C=N–C) groups is 1. The third-order valence-corrected chi connectivity index (χ3v) is 6.11. The molecule has 28 heavy (non-hydrogen) atoms. The number of nitrogens with zero attached hydrogens (tertiary/aromatic N) is 4. The molecule has 2 atom stereocenters. The van der Waals surface area contributed by atoms with Crippen LogP contribution in [0.25, 0.3) is 0 Å². The number of hydrogen-bond acceptors (Lipinski definition) is 3. The van der Waals surface area contributed by atoms with Crippen LogP contribution in [-0.4, -0.2) is 80.6 Å². The second-order valence-corrected chi connectivity index (χ2v) is 8.06. The van der Waals surface area contributed by atoms with Crippen molar-refractivity contribution in [2.45, 2.75) is 32.2 Å². The number of hydrogen-bond donors (Lipinski definition) is 1. The van der Waals surface area contributed by atoms with E-state index < -0.39 is 0 Å². The van der Waals surface area contributed by atoms with Gasteiger partial charge in [-0.1, -0.05) is 37.3 Å². The van der Waals surface area contributed by atoms with Crippen molar-refractivity contribution < 1.29 is 0 Å². The average Bonchev–Trinajstić information content (AvgIpc) is 2.71. The van der Waals surface area contributed by atoms with Crippen molar-refractivity contribution in [1.82, 2.24) is 20.0 Å². The Bertz CT molecular complexity index is 586. The minimum atomic E-state index is 0. The molecule has 2 aliphatic rings. The Morgan fingerprint density at radius 3 is 2.46 bits per heavy atom. The summed E-state index contributed by atoms with van der Waals surface area (Å²) in [5, 5.41) is 3.65. The quantitative estimate of drug-likeness (QED) is 0.383. The Morgan fingerprint density at radius 1 is 1.14 bits per heavy atom. The van der Waals surface area contributed by atoms with Gasteiger partial charge >= 0.3 is 0 Å². The molecule has 2 aliphatic heterocycles. The number of nitrogens with one attached hydrogen (secondary N) is 1. The molecule has 5 nitrogen and oxygen atoms in total. The molecule has 3 rings (SSSR count). The highest BCUT2D eigenvalue weighted by atomic mass is 127. The van der Waals surface area contributed by atoms with E-state index in [9.17, 15) is 0 Å². The van der Waals surface area contributed by atoms with E-state index in [0.29, 0.717) is 6.04 Å². The van der Waals surface area contributed by atoms with Crippen LogP contribution in [0.3, 0.4) is 0 Å². The molecule has 2 unspecified atom stereocenters. The normalized spacial score (nSPS) is 23.2. The molecule has 0 saturated carbocycles. The summed E-state index contributed by atoms with van der Waals surface area (Å²) < 4.78 is 0. The van der Waals surface area contributed by atoms with Gasteiger partial charge in [-0.2, -0.15) is 0 Å². The van der Waals surface area contributed by atoms with Crippen molar-refractivity contribution in [3.05, 3.63) is 35.9 Å². The zero-order chi connectivity index (χ0) is 19.1. The lowest BCUT2D eigenvalue weighted by molar-refractivity contribution is 0.126. The van der Waals surface area contributed by atoms with Crippen LogP contribution in [0, 0.1) is 5.92 Å². The molecular weight excluding hydrogens is 461 g/mol. The highest BCUT2D eigenvalue weighted by Crippen LogP contribution is 2.25. The number of benzene rings is 1. The summed E-state index contributed by atoms with van der Waals surface area (Å²) in [7, 11) is 4.15. The van der Waals surface area contributed by atoms with Gasteiger partial charge in [-0.15, -0.1) is 24.0 Å². The molecule has 0 aliphatic carbocycles. The molecule has 2 heterocycles. The van der Waals surface area contributed by atoms with Gasteiger partial charge in [-0.05, 0) is 44.3 Å². The number of halogens is 1. The zero-order valence-corrected chi connectivity index (χ0v) is 20.1. The highest BCUT2D eigenvalue weighted by molar-refractivity contribution is 14.0. The van der Waals surface area contributed by atoms with Gasteiger partial charge in [0.15, 0.2) is 5.96 Å². The van der Waals surface area contributed by atoms with Crippen LogP contribution in [0.4, 0.5) is 0 Å². The Labute approximate surface area is 188 Å². The minimum absolute atomic E-state index is 0. The van der Waals surface area contributed by atoms with Crippen LogP contribution in [0.1, 0.15) is 37.8 Å². The summed E-state index contributed by atoms with van der Waals surface area (Å²) in [6, 6.07) is 11.5. The first kappa shape index (κ1) is 23.4. The number of guanidine groups is 1. The monoisotopic (exact) mass is 499 g/mol. The van der Waals surface area contributed by atoms with E-state index in [1.165, 1.54) is 31.5 Å². The smallest absolute Gasteiger partial charge is 0.193 e. The van der Waals surface area contributed by atoms with Crippen LogP contribution in [0.2, 0.25) is 0 Å². The van der Waals surface area contributed by atoms with E-state index in [0.717, 1.165) is 51.0 Å². The lowest BCUT2D eigenvalue weighted by atomic mass is 9.98. The molecule has 0 radical (unpaired) electrons. The lowest BCUT2D eigenvalue weighted by Gasteiger charge is -2.40. The maximum Gasteiger partial charge on any atom is 0.193 e. The van der Waals surface area contributed by atoms with Crippen LogP contribution in [0.15, 0.2) is 35.3 Å². The number of rotatable bonds is 5. The first-order valence-corrected chi connectivity index (χ1v) is 10.6. The van der Waals surface area contributed by atoms with E-state index in [1.54, 1.807) is 0 Å². The SMILES string of the molecule is CCC(c1ccccc1)N1CCN(C(=NC)NCC2CCCN(C)C2)CC1.I. The summed E-state index contributed by atoms with van der Waals surface area (Å²) in [5.41, 5.74) is 1.44. The fourth-order valence-electron chi connectivity index (χ4n) is 4.63. The molecule has 158 valence electrons. The van der Waals surface area contributed by atoms with E-state index in [1.807, 2.05) is 7.05 Å². The number of piperidine rings is 1. The van der Waals surface area contributed by atoms with Crippen LogP contribution < -0.4 is 5.32 Å². The van der Waals surface area contributed by atoms with Crippen molar-refractivity contribution in [3.8, 4) is 0 Å². The summed E-state index contributed by atoms with van der Waals surface area (Å²) in [6.45, 7) is 10.1. The Morgan fingerprint density at radius 2 is 1.86 bits per heavy atom. The third-order valence-electron chi connectivity index (χ3n) is 6.11. The van der Waals surface area contributed by atoms with Gasteiger partial charge in [0, 0.05) is 52.4 Å². The lowest BCUT2D eigenvalue weighted by Crippen LogP contribution is -2.54. The van der Waals surface area contributed by atoms with Gasteiger partial charge in [0.05, 0.1) is 0 Å². The molecule has 0 amide bonds. The Balaban J connectivity index is 0.00000280. The standard InChI is InChI=1S/C22H37N5.HI/c1-4-21(20-10-6-5-7-11-20)26-13-15-27(16-14-26)22(23-2)24-17-19-9-8-12-25(3)18-19;/h5-7,10-11,19,21H,4,8-9,12-18H2,1-3H3,(H,23,24);1H. The minimum Gasteiger partial charge on any atom is -0.356 e. The molecule has 2 saturated heterocycles. The molecule has 0 spiro atoms. The predicted octanol–water partition coefficient (Wildman–Crippen LogP) is 3.29. The second kappa shape index (κ2) is 12.0. The number of piperazine rings is 1. The van der Waals surface area contributed by atoms with Gasteiger partial charge in [-0.25, -0.2) is 0 Å². The summed E-state index contributed by atoms with van der Waals surface area (Å²) in [6.07, 6.45) is 3.81. The maximum absolute atomic E-state index is 4.56. The molecule has 2 fully saturated rings. The first-order chi connectivity index (χ1) is 13.2. The van der Waals surface area contributed by atoms with E-state index in [4.69, 9.17) is 0 Å². The predicted molar refractivity (Wildman–Crippen MR) is 130 cm³/mol. The summed E-state index contributed by atoms with van der Waals surface area (Å²) in [4.78, 5) is 12.1. The van der Waals surface area contributed by atoms with E-state index in [-0.39, 0.29) is 24.0 Å². The fourth-order valence-corrected chi connectivity index (χ4v) is 4.63. The molecule has 1 aromatic rings. The van der Waals surface area contributed by atoms with E-state index >= 15 is 0 Å². The van der Waals surface area contributed by atoms with Crippen LogP contribution >= 0.6 is 24.0 Å². The van der Waals surface area contributed by atoms with Crippen LogP contribution in [0.5, 0.6) is 0 Å². The average molecular weight is 499 g/mol. The van der Waals surface area contributed by atoms with Crippen LogP contribution in [-0.2, 0) is 0 Å². The van der Waals surface area contributed by atoms with Crippen molar-refractivity contribution >= 4 is 29.9 Å². The first-order valence-electron chi connectivity index (χ1n) is 10.6. The summed E-state index contributed by atoms with van der Waals surface area (Å²) in [5.74, 6) is 1.82. The van der Waals surface area contributed by atoms with Gasteiger partial charge in [-0.3, -0.25) is 9.89 Å². The van der Waals surface area contributed by atoms with Gasteiger partial charge in [0.25, 0.3) is 0 Å². The van der Waals surface area contributed by atoms with Gasteiger partial charge < -0.3 is 15.1 Å². The maximum atomic E-state index is 4.56. The molecule has 1 N–H and O–H groups in total. The van der Waals surface area contributed by atoms with Gasteiger partial charge in [0.1, 0.15) is 0 Å². The van der Waals surface area contributed by atoms with E-state index in [2.05, 4.69) is 69.3 Å². The molecule has 0 aromatic heterocycles. The topological polar surface area (TPSA) is 34.1 Å². The van der Waals surface area contributed by atoms with Crippen molar-refractivity contribution in [3.63, 3.8) is 0 Å². The second-order valence-electron chi connectivity index (χ2n) is 8.06. The molecule has 1 aromatic carbocycles. The third kappa shape index (κ3) is 6.32. The molecule has 0 bridgehead atoms. The van der Waals surface area contributed by atoms with Crippen molar-refractivity contribution in [2.24, 2.45) is 10.9 Å².